The van der Waals surface area contributed by atoms with Crippen LogP contribution >= 0.6 is 0 Å². The second-order valence-corrected chi connectivity index (χ2v) is 5.38. The number of carbonyl (C=O) groups is 2. The Balaban J connectivity index is 2.62. The molecule has 122 valence electrons. The van der Waals surface area contributed by atoms with Gasteiger partial charge in [-0.1, -0.05) is 45.4 Å². The van der Waals surface area contributed by atoms with Crippen LogP contribution in [0.2, 0.25) is 0 Å². The molecule has 0 bridgehead atoms. The molecule has 1 rings (SSSR count). The van der Waals surface area contributed by atoms with Gasteiger partial charge in [-0.25, -0.2) is 4.79 Å². The van der Waals surface area contributed by atoms with Crippen molar-refractivity contribution in [2.75, 3.05) is 6.61 Å². The van der Waals surface area contributed by atoms with Crippen LogP contribution in [0.25, 0.3) is 0 Å². The lowest BCUT2D eigenvalue weighted by Gasteiger charge is -2.17. The molecule has 0 radical (unpaired) electrons. The predicted molar refractivity (Wildman–Crippen MR) is 85.1 cm³/mol. The van der Waals surface area contributed by atoms with Gasteiger partial charge >= 0.3 is 5.97 Å². The fourth-order valence-corrected chi connectivity index (χ4v) is 2.16. The number of aliphatic carboxylic acids is 1. The Labute approximate surface area is 131 Å². The number of para-hydroxylation sites is 1. The van der Waals surface area contributed by atoms with Crippen molar-refractivity contribution in [2.45, 2.75) is 52.0 Å². The number of amides is 1. The molecule has 0 aliphatic rings. The molecule has 0 saturated carbocycles. The maximum Gasteiger partial charge on any atom is 0.326 e. The van der Waals surface area contributed by atoms with Gasteiger partial charge in [0.1, 0.15) is 11.8 Å². The molecule has 0 fully saturated rings. The molecule has 0 aromatic heterocycles. The molecule has 2 N–H and O–H groups in total. The zero-order valence-electron chi connectivity index (χ0n) is 13.5. The van der Waals surface area contributed by atoms with Crippen molar-refractivity contribution in [3.63, 3.8) is 0 Å². The third-order valence-electron chi connectivity index (χ3n) is 3.63. The fourth-order valence-electron chi connectivity index (χ4n) is 2.16. The minimum absolute atomic E-state index is 0.180. The quantitative estimate of drug-likeness (QED) is 0.735. The molecule has 0 aliphatic carbocycles. The van der Waals surface area contributed by atoms with Crippen LogP contribution in [0.1, 0.15) is 51.5 Å². The highest BCUT2D eigenvalue weighted by Crippen LogP contribution is 2.28. The second-order valence-electron chi connectivity index (χ2n) is 5.38. The molecule has 0 saturated heterocycles. The molecule has 0 heterocycles. The summed E-state index contributed by atoms with van der Waals surface area (Å²) in [6, 6.07) is 6.76. The monoisotopic (exact) mass is 307 g/mol. The maximum atomic E-state index is 11.9. The van der Waals surface area contributed by atoms with Crippen LogP contribution in [0, 0.1) is 0 Å². The van der Waals surface area contributed by atoms with Crippen molar-refractivity contribution in [1.29, 1.82) is 0 Å². The summed E-state index contributed by atoms with van der Waals surface area (Å²) < 4.78 is 5.58. The van der Waals surface area contributed by atoms with Crippen LogP contribution in [0.4, 0.5) is 0 Å². The molecular formula is C17H25NO4. The molecule has 0 spiro atoms. The van der Waals surface area contributed by atoms with Gasteiger partial charge in [0.05, 0.1) is 0 Å². The number of ether oxygens (including phenoxy) is 1. The zero-order chi connectivity index (χ0) is 16.5. The average molecular weight is 307 g/mol. The zero-order valence-corrected chi connectivity index (χ0v) is 13.5. The number of benzene rings is 1. The van der Waals surface area contributed by atoms with Crippen molar-refractivity contribution >= 4 is 11.9 Å². The number of nitrogens with one attached hydrogen (secondary N) is 1. The van der Waals surface area contributed by atoms with Gasteiger partial charge in [-0.15, -0.1) is 0 Å². The number of carbonyl (C=O) groups excluding carboxylic acids is 1. The van der Waals surface area contributed by atoms with E-state index < -0.39 is 17.9 Å². The van der Waals surface area contributed by atoms with E-state index in [1.54, 1.807) is 0 Å². The first-order valence-electron chi connectivity index (χ1n) is 7.73. The Kier molecular flexibility index (Phi) is 7.43. The van der Waals surface area contributed by atoms with E-state index in [2.05, 4.69) is 19.2 Å². The van der Waals surface area contributed by atoms with Crippen molar-refractivity contribution < 1.29 is 19.4 Å². The van der Waals surface area contributed by atoms with E-state index in [9.17, 15) is 9.59 Å². The Morgan fingerprint density at radius 2 is 1.95 bits per heavy atom. The van der Waals surface area contributed by atoms with Crippen molar-refractivity contribution in [3.8, 4) is 5.75 Å². The third-order valence-corrected chi connectivity index (χ3v) is 3.63. The number of rotatable bonds is 9. The molecule has 2 unspecified atom stereocenters. The highest BCUT2D eigenvalue weighted by Gasteiger charge is 2.19. The van der Waals surface area contributed by atoms with Crippen molar-refractivity contribution in [1.82, 2.24) is 5.32 Å². The lowest BCUT2D eigenvalue weighted by atomic mass is 9.98. The van der Waals surface area contributed by atoms with Crippen molar-refractivity contribution in [2.24, 2.45) is 0 Å². The Morgan fingerprint density at radius 3 is 2.55 bits per heavy atom. The molecule has 1 aromatic carbocycles. The summed E-state index contributed by atoms with van der Waals surface area (Å²) >= 11 is 0. The molecule has 22 heavy (non-hydrogen) atoms. The number of carboxylic acid groups (broad SMARTS) is 1. The van der Waals surface area contributed by atoms with E-state index in [-0.39, 0.29) is 6.61 Å². The molecule has 0 aliphatic heterocycles. The first-order chi connectivity index (χ1) is 10.5. The van der Waals surface area contributed by atoms with Gasteiger partial charge in [-0.05, 0) is 30.4 Å². The van der Waals surface area contributed by atoms with Gasteiger partial charge in [0.25, 0.3) is 5.91 Å². The van der Waals surface area contributed by atoms with Crippen molar-refractivity contribution in [3.05, 3.63) is 29.8 Å². The topological polar surface area (TPSA) is 75.6 Å². The summed E-state index contributed by atoms with van der Waals surface area (Å²) in [5.74, 6) is -0.421. The van der Waals surface area contributed by atoms with Gasteiger partial charge in [-0.3, -0.25) is 4.79 Å². The molecule has 1 amide bonds. The smallest absolute Gasteiger partial charge is 0.326 e. The molecular weight excluding hydrogens is 282 g/mol. The first-order valence-corrected chi connectivity index (χ1v) is 7.73. The number of carboxylic acids is 1. The normalized spacial score (nSPS) is 13.2. The standard InChI is InChI=1S/C17H25NO4/c1-4-8-14(17(20)21)18-16(19)11-22-15-10-7-6-9-13(15)12(3)5-2/h6-7,9-10,12,14H,4-5,8,11H2,1-3H3,(H,18,19)(H,20,21). The fraction of sp³-hybridized carbons (Fsp3) is 0.529. The Bertz CT molecular complexity index is 501. The van der Waals surface area contributed by atoms with Gasteiger partial charge in [-0.2, -0.15) is 0 Å². The minimum Gasteiger partial charge on any atom is -0.483 e. The van der Waals surface area contributed by atoms with E-state index >= 15 is 0 Å². The Morgan fingerprint density at radius 1 is 1.27 bits per heavy atom. The van der Waals surface area contributed by atoms with Crippen LogP contribution in [-0.4, -0.2) is 29.6 Å². The van der Waals surface area contributed by atoms with Crippen LogP contribution in [0.15, 0.2) is 24.3 Å². The van der Waals surface area contributed by atoms with Gasteiger partial charge in [0.15, 0.2) is 6.61 Å². The number of hydrogen-bond donors (Lipinski definition) is 2. The first kappa shape index (κ1) is 18.0. The van der Waals surface area contributed by atoms with Crippen LogP contribution in [0.3, 0.4) is 0 Å². The third kappa shape index (κ3) is 5.39. The molecule has 5 heteroatoms. The van der Waals surface area contributed by atoms with Crippen LogP contribution in [-0.2, 0) is 9.59 Å². The highest BCUT2D eigenvalue weighted by molar-refractivity contribution is 5.84. The van der Waals surface area contributed by atoms with E-state index in [1.807, 2.05) is 31.2 Å². The highest BCUT2D eigenvalue weighted by atomic mass is 16.5. The van der Waals surface area contributed by atoms with Crippen LogP contribution in [0.5, 0.6) is 5.75 Å². The summed E-state index contributed by atoms with van der Waals surface area (Å²) in [6.45, 7) is 5.89. The Hall–Kier alpha value is -2.04. The van der Waals surface area contributed by atoms with E-state index in [0.29, 0.717) is 24.5 Å². The minimum atomic E-state index is -1.02. The van der Waals surface area contributed by atoms with Gasteiger partial charge < -0.3 is 15.2 Å². The summed E-state index contributed by atoms with van der Waals surface area (Å²) in [5.41, 5.74) is 1.06. The van der Waals surface area contributed by atoms with Gasteiger partial charge in [0.2, 0.25) is 0 Å². The SMILES string of the molecule is CCCC(NC(=O)COc1ccccc1C(C)CC)C(=O)O. The summed E-state index contributed by atoms with van der Waals surface area (Å²) in [5, 5.41) is 11.5. The summed E-state index contributed by atoms with van der Waals surface area (Å²) in [6.07, 6.45) is 2.07. The summed E-state index contributed by atoms with van der Waals surface area (Å²) in [7, 11) is 0. The predicted octanol–water partition coefficient (Wildman–Crippen LogP) is 2.95. The second kappa shape index (κ2) is 9.07. The maximum absolute atomic E-state index is 11.9. The average Bonchev–Trinajstić information content (AvgIpc) is 2.52. The van der Waals surface area contributed by atoms with E-state index in [0.717, 1.165) is 12.0 Å². The largest absolute Gasteiger partial charge is 0.483 e. The lowest BCUT2D eigenvalue weighted by molar-refractivity contribution is -0.142. The van der Waals surface area contributed by atoms with E-state index in [1.165, 1.54) is 0 Å². The van der Waals surface area contributed by atoms with Gasteiger partial charge in [0, 0.05) is 0 Å². The van der Waals surface area contributed by atoms with Crippen LogP contribution < -0.4 is 10.1 Å². The van der Waals surface area contributed by atoms with E-state index in [4.69, 9.17) is 9.84 Å². The molecule has 5 nitrogen and oxygen atoms in total. The lowest BCUT2D eigenvalue weighted by Crippen LogP contribution is -2.42. The summed E-state index contributed by atoms with van der Waals surface area (Å²) in [4.78, 5) is 22.9. The number of hydrogen-bond acceptors (Lipinski definition) is 3. The molecule has 1 aromatic rings. The molecule has 2 atom stereocenters.